The Balaban J connectivity index is 2.10. The Labute approximate surface area is 83.8 Å². The molecule has 0 N–H and O–H groups in total. The molecule has 0 spiro atoms. The van der Waals surface area contributed by atoms with E-state index >= 15 is 0 Å². The van der Waals surface area contributed by atoms with Gasteiger partial charge >= 0.3 is 0 Å². The fourth-order valence-corrected chi connectivity index (χ4v) is 1.37. The maximum absolute atomic E-state index is 13.2. The first kappa shape index (κ1) is 8.97. The van der Waals surface area contributed by atoms with Crippen LogP contribution in [0.5, 0.6) is 5.75 Å². The second-order valence-corrected chi connectivity index (χ2v) is 3.77. The lowest BCUT2D eigenvalue weighted by Gasteiger charge is -2.26. The third kappa shape index (κ3) is 2.00. The van der Waals surface area contributed by atoms with Crippen LogP contribution in [0.3, 0.4) is 0 Å². The minimum atomic E-state index is -0.346. The van der Waals surface area contributed by atoms with Gasteiger partial charge in [-0.15, -0.1) is 0 Å². The summed E-state index contributed by atoms with van der Waals surface area (Å²) in [5.41, 5.74) is 0. The van der Waals surface area contributed by atoms with Crippen LogP contribution in [0, 0.1) is 5.82 Å². The Morgan fingerprint density at radius 1 is 1.46 bits per heavy atom. The van der Waals surface area contributed by atoms with E-state index in [-0.39, 0.29) is 17.7 Å². The Kier molecular flexibility index (Phi) is 2.51. The molecule has 70 valence electrons. The van der Waals surface area contributed by atoms with Gasteiger partial charge in [0.05, 0.1) is 13.2 Å². The summed E-state index contributed by atoms with van der Waals surface area (Å²) >= 11 is 3.17. The Morgan fingerprint density at radius 2 is 2.23 bits per heavy atom. The molecule has 4 heteroatoms. The average molecular weight is 247 g/mol. The fourth-order valence-electron chi connectivity index (χ4n) is 1.03. The van der Waals surface area contributed by atoms with Crippen molar-refractivity contribution in [3.8, 4) is 5.75 Å². The monoisotopic (exact) mass is 246 g/mol. The number of hydrogen-bond donors (Lipinski definition) is 0. The molecule has 2 rings (SSSR count). The SMILES string of the molecule is Fc1cc(Br)ccc1OC1COC1. The summed E-state index contributed by atoms with van der Waals surface area (Å²) in [5, 5.41) is 0. The molecule has 1 aromatic carbocycles. The number of rotatable bonds is 2. The van der Waals surface area contributed by atoms with Gasteiger partial charge in [0.1, 0.15) is 6.10 Å². The van der Waals surface area contributed by atoms with E-state index in [1.807, 2.05) is 0 Å². The molecule has 0 radical (unpaired) electrons. The predicted molar refractivity (Wildman–Crippen MR) is 49.3 cm³/mol. The molecule has 1 heterocycles. The summed E-state index contributed by atoms with van der Waals surface area (Å²) in [6, 6.07) is 4.74. The van der Waals surface area contributed by atoms with Gasteiger partial charge in [-0.1, -0.05) is 15.9 Å². The molecule has 1 fully saturated rings. The Morgan fingerprint density at radius 3 is 2.77 bits per heavy atom. The van der Waals surface area contributed by atoms with Crippen molar-refractivity contribution >= 4 is 15.9 Å². The summed E-state index contributed by atoms with van der Waals surface area (Å²) < 4.78 is 24.1. The molecule has 0 aromatic heterocycles. The predicted octanol–water partition coefficient (Wildman–Crippen LogP) is 2.37. The van der Waals surface area contributed by atoms with Gasteiger partial charge in [0.2, 0.25) is 0 Å². The molecular weight excluding hydrogens is 239 g/mol. The quantitative estimate of drug-likeness (QED) is 0.798. The molecule has 1 aliphatic rings. The molecular formula is C9H8BrFO2. The minimum Gasteiger partial charge on any atom is -0.483 e. The van der Waals surface area contributed by atoms with Crippen LogP contribution in [0.4, 0.5) is 4.39 Å². The van der Waals surface area contributed by atoms with Crippen molar-refractivity contribution in [1.82, 2.24) is 0 Å². The van der Waals surface area contributed by atoms with Gasteiger partial charge in [-0.2, -0.15) is 0 Å². The highest BCUT2D eigenvalue weighted by Crippen LogP contribution is 2.23. The highest BCUT2D eigenvalue weighted by atomic mass is 79.9. The van der Waals surface area contributed by atoms with Crippen LogP contribution in [0.25, 0.3) is 0 Å². The van der Waals surface area contributed by atoms with Crippen molar-refractivity contribution in [3.63, 3.8) is 0 Å². The molecule has 0 amide bonds. The zero-order chi connectivity index (χ0) is 9.26. The number of benzene rings is 1. The molecule has 2 nitrogen and oxygen atoms in total. The topological polar surface area (TPSA) is 18.5 Å². The highest BCUT2D eigenvalue weighted by Gasteiger charge is 2.21. The standard InChI is InChI=1S/C9H8BrFO2/c10-6-1-2-9(8(11)3-6)13-7-4-12-5-7/h1-3,7H,4-5H2. The lowest BCUT2D eigenvalue weighted by atomic mass is 10.3. The summed E-state index contributed by atoms with van der Waals surface area (Å²) in [5.74, 6) is -0.0576. The first-order valence-electron chi connectivity index (χ1n) is 3.95. The van der Waals surface area contributed by atoms with E-state index in [1.54, 1.807) is 12.1 Å². The van der Waals surface area contributed by atoms with Crippen molar-refractivity contribution in [2.24, 2.45) is 0 Å². The van der Waals surface area contributed by atoms with E-state index < -0.39 is 0 Å². The first-order valence-corrected chi connectivity index (χ1v) is 4.74. The van der Waals surface area contributed by atoms with Crippen LogP contribution < -0.4 is 4.74 Å². The van der Waals surface area contributed by atoms with Gasteiger partial charge in [0, 0.05) is 4.47 Å². The molecule has 0 aliphatic carbocycles. The summed E-state index contributed by atoms with van der Waals surface area (Å²) in [4.78, 5) is 0. The molecule has 0 bridgehead atoms. The van der Waals surface area contributed by atoms with Gasteiger partial charge in [-0.3, -0.25) is 0 Å². The second-order valence-electron chi connectivity index (χ2n) is 2.85. The zero-order valence-electron chi connectivity index (χ0n) is 6.80. The van der Waals surface area contributed by atoms with Gasteiger partial charge in [-0.25, -0.2) is 4.39 Å². The van der Waals surface area contributed by atoms with Crippen LogP contribution in [0.1, 0.15) is 0 Å². The summed E-state index contributed by atoms with van der Waals surface area (Å²) in [7, 11) is 0. The van der Waals surface area contributed by atoms with Gasteiger partial charge in [-0.05, 0) is 18.2 Å². The van der Waals surface area contributed by atoms with Gasteiger partial charge in [0.25, 0.3) is 0 Å². The molecule has 1 saturated heterocycles. The zero-order valence-corrected chi connectivity index (χ0v) is 8.38. The van der Waals surface area contributed by atoms with Gasteiger partial charge in [0.15, 0.2) is 11.6 Å². The highest BCUT2D eigenvalue weighted by molar-refractivity contribution is 9.10. The average Bonchev–Trinajstić information content (AvgIpc) is 1.99. The molecule has 0 unspecified atom stereocenters. The van der Waals surface area contributed by atoms with E-state index in [2.05, 4.69) is 15.9 Å². The fraction of sp³-hybridized carbons (Fsp3) is 0.333. The van der Waals surface area contributed by atoms with Crippen LogP contribution >= 0.6 is 15.9 Å². The largest absolute Gasteiger partial charge is 0.483 e. The van der Waals surface area contributed by atoms with E-state index in [1.165, 1.54) is 6.07 Å². The summed E-state index contributed by atoms with van der Waals surface area (Å²) in [6.45, 7) is 1.10. The number of ether oxygens (including phenoxy) is 2. The maximum atomic E-state index is 13.2. The van der Waals surface area contributed by atoms with Gasteiger partial charge < -0.3 is 9.47 Å². The smallest absolute Gasteiger partial charge is 0.166 e. The summed E-state index contributed by atoms with van der Waals surface area (Å²) in [6.07, 6.45) is 0.00988. The van der Waals surface area contributed by atoms with Crippen molar-refractivity contribution < 1.29 is 13.9 Å². The Hall–Kier alpha value is -0.610. The number of hydrogen-bond acceptors (Lipinski definition) is 2. The normalized spacial score (nSPS) is 16.8. The van der Waals surface area contributed by atoms with Crippen LogP contribution in [0.2, 0.25) is 0 Å². The van der Waals surface area contributed by atoms with Crippen molar-refractivity contribution in [1.29, 1.82) is 0 Å². The van der Waals surface area contributed by atoms with Crippen molar-refractivity contribution in [2.45, 2.75) is 6.10 Å². The van der Waals surface area contributed by atoms with Crippen molar-refractivity contribution in [2.75, 3.05) is 13.2 Å². The third-order valence-corrected chi connectivity index (χ3v) is 2.29. The molecule has 13 heavy (non-hydrogen) atoms. The van der Waals surface area contributed by atoms with Crippen LogP contribution in [0.15, 0.2) is 22.7 Å². The molecule has 1 aliphatic heterocycles. The first-order chi connectivity index (χ1) is 6.25. The maximum Gasteiger partial charge on any atom is 0.166 e. The minimum absolute atomic E-state index is 0.00988. The van der Waals surface area contributed by atoms with E-state index in [0.29, 0.717) is 17.7 Å². The van der Waals surface area contributed by atoms with E-state index in [9.17, 15) is 4.39 Å². The number of halogens is 2. The third-order valence-electron chi connectivity index (χ3n) is 1.80. The molecule has 1 aromatic rings. The van der Waals surface area contributed by atoms with Crippen molar-refractivity contribution in [3.05, 3.63) is 28.5 Å². The lowest BCUT2D eigenvalue weighted by Crippen LogP contribution is -2.38. The van der Waals surface area contributed by atoms with E-state index in [0.717, 1.165) is 0 Å². The second kappa shape index (κ2) is 3.64. The van der Waals surface area contributed by atoms with Crippen LogP contribution in [-0.2, 0) is 4.74 Å². The lowest BCUT2D eigenvalue weighted by molar-refractivity contribution is -0.0808. The Bertz CT molecular complexity index is 312. The van der Waals surface area contributed by atoms with E-state index in [4.69, 9.17) is 9.47 Å². The molecule has 0 saturated carbocycles. The molecule has 0 atom stereocenters. The van der Waals surface area contributed by atoms with Crippen LogP contribution in [-0.4, -0.2) is 19.3 Å².